The summed E-state index contributed by atoms with van der Waals surface area (Å²) < 4.78 is 31.7. The number of carbonyl (C=O) groups is 2. The van der Waals surface area contributed by atoms with Crippen LogP contribution in [0.15, 0.2) is 29.6 Å². The number of alkyl halides is 3. The Morgan fingerprint density at radius 2 is 1.94 bits per heavy atom. The lowest BCUT2D eigenvalue weighted by Gasteiger charge is -2.39. The Morgan fingerprint density at radius 3 is 2.50 bits per heavy atom. The van der Waals surface area contributed by atoms with Crippen molar-refractivity contribution in [1.29, 1.82) is 0 Å². The minimum absolute atomic E-state index is 0.396. The zero-order chi connectivity index (χ0) is 23.4. The highest BCUT2D eigenvalue weighted by atomic mass is 32.1. The Kier molecular flexibility index (Phi) is 7.52. The van der Waals surface area contributed by atoms with Crippen LogP contribution in [0, 0.1) is 5.41 Å². The van der Waals surface area contributed by atoms with Gasteiger partial charge in [-0.2, -0.15) is 13.2 Å². The van der Waals surface area contributed by atoms with E-state index in [1.807, 2.05) is 12.1 Å². The number of carboxylic acid groups (broad SMARTS) is 1. The molecule has 1 aromatic heterocycles. The van der Waals surface area contributed by atoms with Crippen LogP contribution in [-0.2, 0) is 11.3 Å². The van der Waals surface area contributed by atoms with Gasteiger partial charge in [0.2, 0.25) is 5.91 Å². The van der Waals surface area contributed by atoms with Gasteiger partial charge in [0.25, 0.3) is 0 Å². The second kappa shape index (κ2) is 9.97. The summed E-state index contributed by atoms with van der Waals surface area (Å²) in [5, 5.41) is 13.8. The van der Waals surface area contributed by atoms with Crippen LogP contribution in [0.2, 0.25) is 0 Å². The standard InChI is InChI=1S/C19H24N4OS.C2HF3O2/c20-17(24)14-2-4-15(5-3-14)18-22-16(11-25-18)10-23-9-1-6-19(13-23)7-8-21-12-19;3-2(4,5)1(6)7/h2-5,11,21H,1,6-10,12-13H2,(H2,20,24);(H,6,7). The fourth-order valence-electron chi connectivity index (χ4n) is 4.11. The molecular formula is C21H25F3N4O3S. The first-order valence-electron chi connectivity index (χ1n) is 10.2. The van der Waals surface area contributed by atoms with E-state index in [0.717, 1.165) is 35.9 Å². The number of hydrogen-bond acceptors (Lipinski definition) is 6. The van der Waals surface area contributed by atoms with E-state index in [1.165, 1.54) is 32.4 Å². The van der Waals surface area contributed by atoms with Crippen LogP contribution in [0.25, 0.3) is 10.6 Å². The first-order valence-corrected chi connectivity index (χ1v) is 11.0. The summed E-state index contributed by atoms with van der Waals surface area (Å²) in [6.45, 7) is 5.60. The van der Waals surface area contributed by atoms with Gasteiger partial charge in [-0.05, 0) is 49.9 Å². The number of benzene rings is 1. The van der Waals surface area contributed by atoms with Gasteiger partial charge in [0.1, 0.15) is 5.01 Å². The zero-order valence-electron chi connectivity index (χ0n) is 17.3. The number of nitrogens with two attached hydrogens (primary N) is 1. The highest BCUT2D eigenvalue weighted by Crippen LogP contribution is 2.36. The van der Waals surface area contributed by atoms with E-state index >= 15 is 0 Å². The number of primary amides is 1. The number of aromatic nitrogens is 1. The fraction of sp³-hybridized carbons (Fsp3) is 0.476. The molecule has 1 atom stereocenters. The summed E-state index contributed by atoms with van der Waals surface area (Å²) in [5.74, 6) is -3.15. The molecule has 7 nitrogen and oxygen atoms in total. The summed E-state index contributed by atoms with van der Waals surface area (Å²) in [4.78, 5) is 27.4. The van der Waals surface area contributed by atoms with Crippen LogP contribution >= 0.6 is 11.3 Å². The molecule has 2 saturated heterocycles. The molecule has 2 aliphatic heterocycles. The maximum Gasteiger partial charge on any atom is 0.490 e. The number of hydrogen-bond donors (Lipinski definition) is 3. The van der Waals surface area contributed by atoms with Gasteiger partial charge in [-0.3, -0.25) is 9.69 Å². The normalized spacial score (nSPS) is 21.2. The molecule has 0 aliphatic carbocycles. The average molecular weight is 471 g/mol. The third-order valence-electron chi connectivity index (χ3n) is 5.67. The molecule has 2 aliphatic rings. The number of aliphatic carboxylic acids is 1. The summed E-state index contributed by atoms with van der Waals surface area (Å²) in [7, 11) is 0. The lowest BCUT2D eigenvalue weighted by Crippen LogP contribution is -2.44. The van der Waals surface area contributed by atoms with Gasteiger partial charge in [-0.15, -0.1) is 11.3 Å². The molecule has 4 rings (SSSR count). The lowest BCUT2D eigenvalue weighted by atomic mass is 9.79. The maximum absolute atomic E-state index is 11.2. The molecule has 11 heteroatoms. The Labute approximate surface area is 187 Å². The largest absolute Gasteiger partial charge is 0.490 e. The Hall–Kier alpha value is -2.50. The maximum atomic E-state index is 11.2. The third-order valence-corrected chi connectivity index (χ3v) is 6.61. The molecule has 1 amide bonds. The number of piperidine rings is 1. The van der Waals surface area contributed by atoms with Gasteiger partial charge in [-0.25, -0.2) is 9.78 Å². The van der Waals surface area contributed by atoms with Gasteiger partial charge < -0.3 is 16.2 Å². The van der Waals surface area contributed by atoms with Crippen molar-refractivity contribution in [3.63, 3.8) is 0 Å². The van der Waals surface area contributed by atoms with Crippen molar-refractivity contribution < 1.29 is 27.9 Å². The van der Waals surface area contributed by atoms with Crippen LogP contribution in [0.5, 0.6) is 0 Å². The van der Waals surface area contributed by atoms with E-state index in [0.29, 0.717) is 11.0 Å². The third kappa shape index (κ3) is 6.27. The number of nitrogens with zero attached hydrogens (tertiary/aromatic N) is 2. The van der Waals surface area contributed by atoms with Crippen LogP contribution in [0.3, 0.4) is 0 Å². The minimum Gasteiger partial charge on any atom is -0.475 e. The number of amides is 1. The SMILES string of the molecule is NC(=O)c1ccc(-c2nc(CN3CCCC4(CCNC4)C3)cs2)cc1.O=C(O)C(F)(F)F. The molecule has 174 valence electrons. The Morgan fingerprint density at radius 1 is 1.25 bits per heavy atom. The Balaban J connectivity index is 0.000000360. The molecule has 32 heavy (non-hydrogen) atoms. The van der Waals surface area contributed by atoms with E-state index in [2.05, 4.69) is 15.6 Å². The number of rotatable bonds is 4. The molecule has 2 fully saturated rings. The number of nitrogens with one attached hydrogen (secondary N) is 1. The molecular weight excluding hydrogens is 445 g/mol. The van der Waals surface area contributed by atoms with Crippen molar-refractivity contribution in [2.24, 2.45) is 11.1 Å². The quantitative estimate of drug-likeness (QED) is 0.634. The predicted molar refractivity (Wildman–Crippen MR) is 114 cm³/mol. The number of carboxylic acids is 1. The Bertz CT molecular complexity index is 941. The zero-order valence-corrected chi connectivity index (χ0v) is 18.1. The second-order valence-corrected chi connectivity index (χ2v) is 8.99. The monoisotopic (exact) mass is 470 g/mol. The average Bonchev–Trinajstić information content (AvgIpc) is 3.38. The van der Waals surface area contributed by atoms with Crippen LogP contribution in [-0.4, -0.2) is 59.2 Å². The van der Waals surface area contributed by atoms with Crippen LogP contribution in [0.1, 0.15) is 35.3 Å². The van der Waals surface area contributed by atoms with E-state index in [1.54, 1.807) is 23.5 Å². The lowest BCUT2D eigenvalue weighted by molar-refractivity contribution is -0.192. The van der Waals surface area contributed by atoms with Crippen LogP contribution < -0.4 is 11.1 Å². The van der Waals surface area contributed by atoms with E-state index < -0.39 is 18.1 Å². The molecule has 3 heterocycles. The van der Waals surface area contributed by atoms with Crippen molar-refractivity contribution >= 4 is 23.2 Å². The first-order chi connectivity index (χ1) is 15.1. The molecule has 1 aromatic carbocycles. The van der Waals surface area contributed by atoms with Gasteiger partial charge in [-0.1, -0.05) is 12.1 Å². The predicted octanol–water partition coefficient (Wildman–Crippen LogP) is 3.12. The molecule has 0 bridgehead atoms. The summed E-state index contributed by atoms with van der Waals surface area (Å²) in [6.07, 6.45) is -1.14. The van der Waals surface area contributed by atoms with Crippen molar-refractivity contribution in [1.82, 2.24) is 15.2 Å². The van der Waals surface area contributed by atoms with Crippen molar-refractivity contribution in [3.8, 4) is 10.6 Å². The van der Waals surface area contributed by atoms with Crippen molar-refractivity contribution in [3.05, 3.63) is 40.9 Å². The number of likely N-dealkylation sites (tertiary alicyclic amines) is 1. The number of halogens is 3. The molecule has 2 aromatic rings. The molecule has 1 unspecified atom stereocenters. The van der Waals surface area contributed by atoms with Crippen molar-refractivity contribution in [2.75, 3.05) is 26.2 Å². The summed E-state index contributed by atoms with van der Waals surface area (Å²) in [6, 6.07) is 7.37. The van der Waals surface area contributed by atoms with Gasteiger partial charge >= 0.3 is 12.1 Å². The van der Waals surface area contributed by atoms with Gasteiger partial charge in [0, 0.05) is 36.1 Å². The van der Waals surface area contributed by atoms with E-state index in [-0.39, 0.29) is 0 Å². The van der Waals surface area contributed by atoms with E-state index in [4.69, 9.17) is 20.6 Å². The number of thiazole rings is 1. The topological polar surface area (TPSA) is 109 Å². The van der Waals surface area contributed by atoms with E-state index in [9.17, 15) is 18.0 Å². The van der Waals surface area contributed by atoms with Gasteiger partial charge in [0.05, 0.1) is 5.69 Å². The highest BCUT2D eigenvalue weighted by Gasteiger charge is 2.38. The molecule has 4 N–H and O–H groups in total. The molecule has 0 radical (unpaired) electrons. The first kappa shape index (κ1) is 24.1. The summed E-state index contributed by atoms with van der Waals surface area (Å²) in [5.41, 5.74) is 8.50. The van der Waals surface area contributed by atoms with Crippen molar-refractivity contribution in [2.45, 2.75) is 32.0 Å². The fourth-order valence-corrected chi connectivity index (χ4v) is 4.92. The van der Waals surface area contributed by atoms with Gasteiger partial charge in [0.15, 0.2) is 0 Å². The highest BCUT2D eigenvalue weighted by molar-refractivity contribution is 7.13. The minimum atomic E-state index is -5.08. The molecule has 1 spiro atoms. The summed E-state index contributed by atoms with van der Waals surface area (Å²) >= 11 is 1.66. The number of carbonyl (C=O) groups excluding carboxylic acids is 1. The van der Waals surface area contributed by atoms with Crippen LogP contribution in [0.4, 0.5) is 13.2 Å². The second-order valence-electron chi connectivity index (χ2n) is 8.13. The molecule has 0 saturated carbocycles. The smallest absolute Gasteiger partial charge is 0.475 e.